The van der Waals surface area contributed by atoms with E-state index >= 15 is 0 Å². The van der Waals surface area contributed by atoms with Crippen LogP contribution in [0.3, 0.4) is 0 Å². The molecule has 0 radical (unpaired) electrons. The van der Waals surface area contributed by atoms with Crippen molar-refractivity contribution in [2.75, 3.05) is 33.9 Å². The third-order valence-electron chi connectivity index (χ3n) is 3.84. The molecule has 0 aliphatic heterocycles. The van der Waals surface area contributed by atoms with Gasteiger partial charge in [-0.3, -0.25) is 0 Å². The summed E-state index contributed by atoms with van der Waals surface area (Å²) in [5.41, 5.74) is 1.70. The first-order valence-electron chi connectivity index (χ1n) is 8.39. The molecule has 138 valence electrons. The van der Waals surface area contributed by atoms with Crippen molar-refractivity contribution >= 4 is 0 Å². The van der Waals surface area contributed by atoms with Gasteiger partial charge in [-0.2, -0.15) is 5.26 Å². The Morgan fingerprint density at radius 1 is 1.08 bits per heavy atom. The molecule has 1 unspecified atom stereocenters. The van der Waals surface area contributed by atoms with Gasteiger partial charge in [-0.25, -0.2) is 0 Å². The molecular formula is C20H24N2O4. The summed E-state index contributed by atoms with van der Waals surface area (Å²) in [6.45, 7) is 1.35. The summed E-state index contributed by atoms with van der Waals surface area (Å²) in [6, 6.07) is 14.7. The predicted octanol–water partition coefficient (Wildman–Crippen LogP) is 2.15. The van der Waals surface area contributed by atoms with Gasteiger partial charge in [-0.15, -0.1) is 0 Å². The third kappa shape index (κ3) is 5.96. The monoisotopic (exact) mass is 356 g/mol. The molecule has 0 aliphatic carbocycles. The van der Waals surface area contributed by atoms with Crippen LogP contribution in [0, 0.1) is 11.3 Å². The average molecular weight is 356 g/mol. The van der Waals surface area contributed by atoms with Crippen LogP contribution in [-0.4, -0.2) is 45.1 Å². The molecule has 0 aromatic heterocycles. The fourth-order valence-electron chi connectivity index (χ4n) is 2.41. The zero-order valence-electron chi connectivity index (χ0n) is 15.1. The molecule has 0 saturated heterocycles. The Bertz CT molecular complexity index is 726. The first kappa shape index (κ1) is 19.6. The van der Waals surface area contributed by atoms with Crippen molar-refractivity contribution in [2.45, 2.75) is 12.5 Å². The van der Waals surface area contributed by atoms with Gasteiger partial charge in [0.2, 0.25) is 0 Å². The number of aliphatic hydroxyl groups is 1. The van der Waals surface area contributed by atoms with E-state index in [1.807, 2.05) is 18.2 Å². The Morgan fingerprint density at radius 3 is 2.46 bits per heavy atom. The number of benzene rings is 2. The van der Waals surface area contributed by atoms with Crippen molar-refractivity contribution in [1.29, 1.82) is 5.26 Å². The van der Waals surface area contributed by atoms with Gasteiger partial charge < -0.3 is 24.6 Å². The zero-order chi connectivity index (χ0) is 18.8. The third-order valence-corrected chi connectivity index (χ3v) is 3.84. The highest BCUT2D eigenvalue weighted by atomic mass is 16.5. The summed E-state index contributed by atoms with van der Waals surface area (Å²) in [7, 11) is 3.23. The fraction of sp³-hybridized carbons (Fsp3) is 0.350. The van der Waals surface area contributed by atoms with E-state index in [4.69, 9.17) is 19.5 Å². The number of nitrogens with zero attached hydrogens (tertiary/aromatic N) is 1. The molecule has 0 fully saturated rings. The number of hydrogen-bond acceptors (Lipinski definition) is 6. The van der Waals surface area contributed by atoms with E-state index in [1.165, 1.54) is 0 Å². The van der Waals surface area contributed by atoms with Gasteiger partial charge in [0.25, 0.3) is 0 Å². The van der Waals surface area contributed by atoms with Crippen molar-refractivity contribution in [3.8, 4) is 23.3 Å². The van der Waals surface area contributed by atoms with Gasteiger partial charge in [-0.05, 0) is 54.9 Å². The number of nitriles is 1. The normalized spacial score (nSPS) is 11.5. The first-order chi connectivity index (χ1) is 12.7. The van der Waals surface area contributed by atoms with E-state index in [2.05, 4.69) is 11.4 Å². The Balaban J connectivity index is 1.68. The maximum absolute atomic E-state index is 9.98. The van der Waals surface area contributed by atoms with Crippen LogP contribution < -0.4 is 19.5 Å². The minimum Gasteiger partial charge on any atom is -0.493 e. The summed E-state index contributed by atoms with van der Waals surface area (Å²) in [4.78, 5) is 0. The van der Waals surface area contributed by atoms with Crippen molar-refractivity contribution in [3.63, 3.8) is 0 Å². The highest BCUT2D eigenvalue weighted by Gasteiger charge is 2.07. The van der Waals surface area contributed by atoms with E-state index in [-0.39, 0.29) is 6.61 Å². The van der Waals surface area contributed by atoms with Crippen molar-refractivity contribution in [2.24, 2.45) is 0 Å². The van der Waals surface area contributed by atoms with E-state index in [0.29, 0.717) is 29.4 Å². The number of ether oxygens (including phenoxy) is 3. The molecule has 26 heavy (non-hydrogen) atoms. The maximum atomic E-state index is 9.98. The van der Waals surface area contributed by atoms with E-state index in [9.17, 15) is 5.11 Å². The number of nitrogens with one attached hydrogen (secondary N) is 1. The second-order valence-electron chi connectivity index (χ2n) is 5.74. The molecule has 2 rings (SSSR count). The quantitative estimate of drug-likeness (QED) is 0.635. The summed E-state index contributed by atoms with van der Waals surface area (Å²) in [6.07, 6.45) is 0.194. The van der Waals surface area contributed by atoms with Crippen LogP contribution in [0.2, 0.25) is 0 Å². The molecule has 0 saturated carbocycles. The van der Waals surface area contributed by atoms with Gasteiger partial charge in [0, 0.05) is 6.54 Å². The zero-order valence-corrected chi connectivity index (χ0v) is 15.1. The van der Waals surface area contributed by atoms with Crippen molar-refractivity contribution < 1.29 is 19.3 Å². The van der Waals surface area contributed by atoms with Crippen LogP contribution in [0.4, 0.5) is 0 Å². The first-order valence-corrected chi connectivity index (χ1v) is 8.39. The predicted molar refractivity (Wildman–Crippen MR) is 98.8 cm³/mol. The lowest BCUT2D eigenvalue weighted by atomic mass is 10.1. The molecular weight excluding hydrogens is 332 g/mol. The van der Waals surface area contributed by atoms with Crippen LogP contribution >= 0.6 is 0 Å². The topological polar surface area (TPSA) is 83.7 Å². The number of rotatable bonds is 10. The Hall–Kier alpha value is -2.75. The average Bonchev–Trinajstić information content (AvgIpc) is 2.69. The lowest BCUT2D eigenvalue weighted by Gasteiger charge is -2.14. The van der Waals surface area contributed by atoms with Crippen LogP contribution in [0.5, 0.6) is 17.2 Å². The molecule has 2 aromatic rings. The molecule has 1 atom stereocenters. The molecule has 0 heterocycles. The van der Waals surface area contributed by atoms with Crippen molar-refractivity contribution in [3.05, 3.63) is 53.6 Å². The van der Waals surface area contributed by atoms with Gasteiger partial charge in [-0.1, -0.05) is 6.07 Å². The number of methoxy groups -OCH3 is 2. The van der Waals surface area contributed by atoms with Crippen LogP contribution in [0.25, 0.3) is 0 Å². The van der Waals surface area contributed by atoms with E-state index < -0.39 is 6.10 Å². The molecule has 6 heteroatoms. The smallest absolute Gasteiger partial charge is 0.160 e. The van der Waals surface area contributed by atoms with E-state index in [1.54, 1.807) is 38.5 Å². The molecule has 0 spiro atoms. The highest BCUT2D eigenvalue weighted by Crippen LogP contribution is 2.27. The van der Waals surface area contributed by atoms with Gasteiger partial charge >= 0.3 is 0 Å². The SMILES string of the molecule is COc1ccc(CCNCC(O)COc2ccc(C#N)cc2)cc1OC. The van der Waals surface area contributed by atoms with Crippen molar-refractivity contribution in [1.82, 2.24) is 5.32 Å². The van der Waals surface area contributed by atoms with Crippen LogP contribution in [0.15, 0.2) is 42.5 Å². The summed E-state index contributed by atoms with van der Waals surface area (Å²) >= 11 is 0. The molecule has 2 N–H and O–H groups in total. The van der Waals surface area contributed by atoms with Crippen LogP contribution in [-0.2, 0) is 6.42 Å². The summed E-state index contributed by atoms with van der Waals surface area (Å²) in [5.74, 6) is 2.05. The molecule has 6 nitrogen and oxygen atoms in total. The van der Waals surface area contributed by atoms with Gasteiger partial charge in [0.05, 0.1) is 25.9 Å². The van der Waals surface area contributed by atoms with E-state index in [0.717, 1.165) is 18.5 Å². The Labute approximate surface area is 153 Å². The van der Waals surface area contributed by atoms with Gasteiger partial charge in [0.15, 0.2) is 11.5 Å². The Kier molecular flexibility index (Phi) is 7.75. The largest absolute Gasteiger partial charge is 0.493 e. The minimum absolute atomic E-state index is 0.190. The van der Waals surface area contributed by atoms with Crippen LogP contribution in [0.1, 0.15) is 11.1 Å². The molecule has 0 aliphatic rings. The summed E-state index contributed by atoms with van der Waals surface area (Å²) < 4.78 is 16.0. The molecule has 2 aromatic carbocycles. The summed E-state index contributed by atoms with van der Waals surface area (Å²) in [5, 5.41) is 21.9. The maximum Gasteiger partial charge on any atom is 0.160 e. The fourth-order valence-corrected chi connectivity index (χ4v) is 2.41. The molecule has 0 amide bonds. The highest BCUT2D eigenvalue weighted by molar-refractivity contribution is 5.43. The minimum atomic E-state index is -0.615. The number of hydrogen-bond donors (Lipinski definition) is 2. The number of aliphatic hydroxyl groups excluding tert-OH is 1. The lowest BCUT2D eigenvalue weighted by molar-refractivity contribution is 0.106. The Morgan fingerprint density at radius 2 is 1.81 bits per heavy atom. The standard InChI is InChI=1S/C20H24N2O4/c1-24-19-8-5-15(11-20(19)25-2)9-10-22-13-17(23)14-26-18-6-3-16(12-21)4-7-18/h3-8,11,17,22-23H,9-10,13-14H2,1-2H3. The van der Waals surface area contributed by atoms with Gasteiger partial charge in [0.1, 0.15) is 18.5 Å². The second kappa shape index (κ2) is 10.3. The molecule has 0 bridgehead atoms. The second-order valence-corrected chi connectivity index (χ2v) is 5.74. The lowest BCUT2D eigenvalue weighted by Crippen LogP contribution is -2.32.